The first kappa shape index (κ1) is 11.0. The quantitative estimate of drug-likeness (QED) is 0.667. The van der Waals surface area contributed by atoms with Crippen molar-refractivity contribution in [2.45, 2.75) is 6.92 Å². The van der Waals surface area contributed by atoms with Gasteiger partial charge < -0.3 is 14.6 Å². The lowest BCUT2D eigenvalue weighted by Gasteiger charge is -2.06. The summed E-state index contributed by atoms with van der Waals surface area (Å²) in [5, 5.41) is 9.00. The smallest absolute Gasteiger partial charge is 0.360 e. The lowest BCUT2D eigenvalue weighted by molar-refractivity contribution is 0.0587. The molecule has 82 valence electrons. The monoisotopic (exact) mass is 214 g/mol. The van der Waals surface area contributed by atoms with E-state index in [4.69, 9.17) is 9.84 Å². The molecule has 1 heterocycles. The average Bonchev–Trinajstić information content (AvgIpc) is 2.20. The van der Waals surface area contributed by atoms with Crippen LogP contribution in [0.1, 0.15) is 17.4 Å². The maximum Gasteiger partial charge on any atom is 0.360 e. The predicted molar refractivity (Wildman–Crippen MR) is 49.0 cm³/mol. The molecule has 0 spiro atoms. The van der Waals surface area contributed by atoms with Crippen LogP contribution in [-0.2, 0) is 4.74 Å². The van der Waals surface area contributed by atoms with Gasteiger partial charge in [0.1, 0.15) is 0 Å². The molecule has 1 aromatic rings. The zero-order valence-electron chi connectivity index (χ0n) is 8.23. The number of carbonyl (C=O) groups is 1. The van der Waals surface area contributed by atoms with Gasteiger partial charge in [0.2, 0.25) is 11.4 Å². The molecule has 0 aromatic carbocycles. The zero-order valence-corrected chi connectivity index (χ0v) is 8.23. The van der Waals surface area contributed by atoms with E-state index in [2.05, 4.69) is 9.72 Å². The second kappa shape index (κ2) is 4.45. The molecule has 0 bridgehead atoms. The van der Waals surface area contributed by atoms with Crippen LogP contribution in [0.2, 0.25) is 0 Å². The van der Waals surface area contributed by atoms with Gasteiger partial charge in [-0.3, -0.25) is 9.78 Å². The SMILES string of the molecule is CCOc1c(C(=O)OC)nc(O)[nH]c1=O. The molecule has 0 radical (unpaired) electrons. The van der Waals surface area contributed by atoms with Crippen LogP contribution < -0.4 is 10.3 Å². The van der Waals surface area contributed by atoms with Crippen LogP contribution in [0, 0.1) is 0 Å². The number of rotatable bonds is 3. The van der Waals surface area contributed by atoms with E-state index in [1.54, 1.807) is 6.92 Å². The Morgan fingerprint density at radius 2 is 2.27 bits per heavy atom. The summed E-state index contributed by atoms with van der Waals surface area (Å²) in [6.07, 6.45) is 0. The number of esters is 1. The standard InChI is InChI=1S/C8H10N2O5/c1-3-15-5-4(7(12)14-2)9-8(13)10-6(5)11/h3H2,1-2H3,(H2,9,10,11,13). The zero-order chi connectivity index (χ0) is 11.4. The van der Waals surface area contributed by atoms with Crippen LogP contribution in [-0.4, -0.2) is 34.8 Å². The highest BCUT2D eigenvalue weighted by molar-refractivity contribution is 5.90. The molecule has 15 heavy (non-hydrogen) atoms. The molecule has 1 rings (SSSR count). The molecule has 1 aromatic heterocycles. The number of nitrogens with zero attached hydrogens (tertiary/aromatic N) is 1. The minimum absolute atomic E-state index is 0.194. The summed E-state index contributed by atoms with van der Waals surface area (Å²) in [6, 6.07) is -0.663. The van der Waals surface area contributed by atoms with Crippen LogP contribution >= 0.6 is 0 Å². The van der Waals surface area contributed by atoms with Gasteiger partial charge in [-0.25, -0.2) is 4.79 Å². The van der Waals surface area contributed by atoms with Crippen LogP contribution in [0.25, 0.3) is 0 Å². The van der Waals surface area contributed by atoms with Gasteiger partial charge in [0.25, 0.3) is 11.6 Å². The van der Waals surface area contributed by atoms with Crippen LogP contribution in [0.15, 0.2) is 4.79 Å². The summed E-state index contributed by atoms with van der Waals surface area (Å²) in [4.78, 5) is 27.9. The number of aromatic nitrogens is 2. The van der Waals surface area contributed by atoms with Gasteiger partial charge in [-0.2, -0.15) is 4.98 Å². The van der Waals surface area contributed by atoms with Crippen LogP contribution in [0.4, 0.5) is 0 Å². The van der Waals surface area contributed by atoms with Crippen molar-refractivity contribution in [3.05, 3.63) is 16.0 Å². The fourth-order valence-corrected chi connectivity index (χ4v) is 0.964. The largest absolute Gasteiger partial charge is 0.486 e. The highest BCUT2D eigenvalue weighted by Crippen LogP contribution is 2.13. The molecule has 0 fully saturated rings. The lowest BCUT2D eigenvalue weighted by Crippen LogP contribution is -2.18. The number of hydrogen-bond donors (Lipinski definition) is 2. The summed E-state index contributed by atoms with van der Waals surface area (Å²) >= 11 is 0. The number of aromatic amines is 1. The molecule has 0 aliphatic heterocycles. The minimum Gasteiger partial charge on any atom is -0.486 e. The Bertz CT molecular complexity index is 426. The van der Waals surface area contributed by atoms with Crippen molar-refractivity contribution in [2.75, 3.05) is 13.7 Å². The average molecular weight is 214 g/mol. The summed E-state index contributed by atoms with van der Waals surface area (Å²) < 4.78 is 9.32. The van der Waals surface area contributed by atoms with E-state index in [1.807, 2.05) is 4.98 Å². The summed E-state index contributed by atoms with van der Waals surface area (Å²) in [6.45, 7) is 1.84. The van der Waals surface area contributed by atoms with Gasteiger partial charge in [-0.15, -0.1) is 0 Å². The normalized spacial score (nSPS) is 9.73. The number of aromatic hydroxyl groups is 1. The maximum atomic E-state index is 11.3. The first-order chi connectivity index (χ1) is 7.10. The molecule has 7 nitrogen and oxygen atoms in total. The highest BCUT2D eigenvalue weighted by atomic mass is 16.5. The minimum atomic E-state index is -0.847. The fraction of sp³-hybridized carbons (Fsp3) is 0.375. The second-order valence-corrected chi connectivity index (χ2v) is 2.49. The van der Waals surface area contributed by atoms with Gasteiger partial charge >= 0.3 is 5.97 Å². The van der Waals surface area contributed by atoms with Gasteiger partial charge in [0, 0.05) is 0 Å². The van der Waals surface area contributed by atoms with E-state index < -0.39 is 17.5 Å². The molecule has 0 aliphatic rings. The van der Waals surface area contributed by atoms with E-state index >= 15 is 0 Å². The Balaban J connectivity index is 3.33. The molecular formula is C8H10N2O5. The highest BCUT2D eigenvalue weighted by Gasteiger charge is 2.19. The second-order valence-electron chi connectivity index (χ2n) is 2.49. The molecule has 0 saturated heterocycles. The summed E-state index contributed by atoms with van der Waals surface area (Å²) in [5.41, 5.74) is -1.08. The van der Waals surface area contributed by atoms with Crippen molar-refractivity contribution >= 4 is 5.97 Å². The Morgan fingerprint density at radius 1 is 1.60 bits per heavy atom. The molecule has 0 aliphatic carbocycles. The Hall–Kier alpha value is -2.05. The maximum absolute atomic E-state index is 11.3. The summed E-state index contributed by atoms with van der Waals surface area (Å²) in [7, 11) is 1.14. The van der Waals surface area contributed by atoms with Crippen molar-refractivity contribution in [3.8, 4) is 11.8 Å². The Morgan fingerprint density at radius 3 is 2.80 bits per heavy atom. The first-order valence-corrected chi connectivity index (χ1v) is 4.14. The molecule has 7 heteroatoms. The molecule has 0 saturated carbocycles. The van der Waals surface area contributed by atoms with Gasteiger partial charge in [0.15, 0.2) is 0 Å². The number of H-pyrrole nitrogens is 1. The van der Waals surface area contributed by atoms with Gasteiger partial charge in [0.05, 0.1) is 13.7 Å². The third-order valence-corrected chi connectivity index (χ3v) is 1.53. The van der Waals surface area contributed by atoms with Gasteiger partial charge in [-0.05, 0) is 6.92 Å². The number of hydrogen-bond acceptors (Lipinski definition) is 6. The lowest BCUT2D eigenvalue weighted by atomic mass is 10.3. The third kappa shape index (κ3) is 2.25. The Kier molecular flexibility index (Phi) is 3.27. The Labute approximate surface area is 84.7 Å². The van der Waals surface area contributed by atoms with E-state index in [0.717, 1.165) is 7.11 Å². The number of carbonyl (C=O) groups excluding carboxylic acids is 1. The summed E-state index contributed by atoms with van der Waals surface area (Å²) in [5.74, 6) is -1.11. The topological polar surface area (TPSA) is 102 Å². The molecular weight excluding hydrogens is 204 g/mol. The number of methoxy groups -OCH3 is 1. The molecule has 0 amide bonds. The number of nitrogens with one attached hydrogen (secondary N) is 1. The van der Waals surface area contributed by atoms with Crippen molar-refractivity contribution in [2.24, 2.45) is 0 Å². The van der Waals surface area contributed by atoms with E-state index in [0.29, 0.717) is 0 Å². The molecule has 2 N–H and O–H groups in total. The molecule has 0 unspecified atom stereocenters. The van der Waals surface area contributed by atoms with Crippen molar-refractivity contribution in [3.63, 3.8) is 0 Å². The van der Waals surface area contributed by atoms with Crippen molar-refractivity contribution in [1.29, 1.82) is 0 Å². The number of ether oxygens (including phenoxy) is 2. The van der Waals surface area contributed by atoms with Gasteiger partial charge in [-0.1, -0.05) is 0 Å². The van der Waals surface area contributed by atoms with Crippen LogP contribution in [0.5, 0.6) is 11.8 Å². The van der Waals surface area contributed by atoms with Crippen molar-refractivity contribution in [1.82, 2.24) is 9.97 Å². The first-order valence-electron chi connectivity index (χ1n) is 4.14. The fourth-order valence-electron chi connectivity index (χ4n) is 0.964. The van der Waals surface area contributed by atoms with E-state index in [9.17, 15) is 9.59 Å². The van der Waals surface area contributed by atoms with Crippen molar-refractivity contribution < 1.29 is 19.4 Å². The molecule has 0 atom stereocenters. The third-order valence-electron chi connectivity index (χ3n) is 1.53. The predicted octanol–water partition coefficient (Wildman–Crippen LogP) is -0.339. The van der Waals surface area contributed by atoms with E-state index in [-0.39, 0.29) is 18.1 Å². The van der Waals surface area contributed by atoms with Crippen LogP contribution in [0.3, 0.4) is 0 Å². The van der Waals surface area contributed by atoms with E-state index in [1.165, 1.54) is 0 Å².